The van der Waals surface area contributed by atoms with Crippen LogP contribution in [0.25, 0.3) is 0 Å². The van der Waals surface area contributed by atoms with Gasteiger partial charge in [0.25, 0.3) is 0 Å². The van der Waals surface area contributed by atoms with E-state index in [1.807, 2.05) is 0 Å². The molecule has 1 N–H and O–H groups in total. The number of hydrogen-bond acceptors (Lipinski definition) is 7. The summed E-state index contributed by atoms with van der Waals surface area (Å²) in [5.41, 5.74) is 2.22. The summed E-state index contributed by atoms with van der Waals surface area (Å²) in [5, 5.41) is 12.6. The molecule has 1 aromatic rings. The second kappa shape index (κ2) is 9.07. The van der Waals surface area contributed by atoms with Gasteiger partial charge in [-0.2, -0.15) is 15.2 Å². The third-order valence-corrected chi connectivity index (χ3v) is 6.82. The van der Waals surface area contributed by atoms with Crippen molar-refractivity contribution in [2.45, 2.75) is 77.0 Å². The average Bonchev–Trinajstić information content (AvgIpc) is 3.37. The van der Waals surface area contributed by atoms with Crippen molar-refractivity contribution in [1.82, 2.24) is 20.2 Å². The van der Waals surface area contributed by atoms with Gasteiger partial charge in [-0.15, -0.1) is 0 Å². The molecule has 0 spiro atoms. The van der Waals surface area contributed by atoms with E-state index in [-0.39, 0.29) is 5.60 Å². The van der Waals surface area contributed by atoms with Crippen molar-refractivity contribution in [1.29, 1.82) is 5.26 Å². The number of fused-ring (bicyclic) bond motifs is 1. The maximum atomic E-state index is 9.12. The minimum Gasteiger partial charge on any atom is -0.455 e. The molecule has 0 aromatic carbocycles. The number of likely N-dealkylation sites (N-methyl/N-ethyl adjacent to an activating group) is 1. The molecule has 0 amide bonds. The molecule has 30 heavy (non-hydrogen) atoms. The minimum absolute atomic E-state index is 0.109. The molecule has 2 fully saturated rings. The summed E-state index contributed by atoms with van der Waals surface area (Å²) in [4.78, 5) is 14.7. The van der Waals surface area contributed by atoms with Crippen LogP contribution in [0, 0.1) is 17.2 Å². The van der Waals surface area contributed by atoms with E-state index < -0.39 is 0 Å². The first-order chi connectivity index (χ1) is 14.6. The number of anilines is 1. The van der Waals surface area contributed by atoms with E-state index in [1.54, 1.807) is 0 Å². The van der Waals surface area contributed by atoms with Crippen LogP contribution in [-0.4, -0.2) is 59.7 Å². The number of nitrogens with zero attached hydrogens (tertiary/aromatic N) is 5. The number of ether oxygens (including phenoxy) is 1. The van der Waals surface area contributed by atoms with Gasteiger partial charge in [0.1, 0.15) is 11.4 Å². The summed E-state index contributed by atoms with van der Waals surface area (Å²) in [6.45, 7) is 8.99. The van der Waals surface area contributed by atoms with Crippen molar-refractivity contribution < 1.29 is 4.74 Å². The van der Waals surface area contributed by atoms with E-state index in [9.17, 15) is 0 Å². The number of likely N-dealkylation sites (tertiary alicyclic amines) is 1. The highest BCUT2D eigenvalue weighted by molar-refractivity contribution is 5.51. The molecule has 0 bridgehead atoms. The van der Waals surface area contributed by atoms with Gasteiger partial charge >= 0.3 is 6.01 Å². The standard InChI is InChI=1S/C23H36N6O/c1-4-13-29(16-17(2)7-11-24)21-18-8-12-25-15-19(18)26-22(27-21)30-23(9-10-23)20-6-5-14-28(20)3/h17,20,25H,4-10,12-16H2,1-3H3/t17-,20-/m0/s1. The van der Waals surface area contributed by atoms with Crippen LogP contribution in [-0.2, 0) is 13.0 Å². The van der Waals surface area contributed by atoms with Crippen LogP contribution in [0.1, 0.15) is 63.6 Å². The first-order valence-electron chi connectivity index (χ1n) is 11.7. The van der Waals surface area contributed by atoms with Gasteiger partial charge in [-0.1, -0.05) is 13.8 Å². The number of nitrogens with one attached hydrogen (secondary N) is 1. The van der Waals surface area contributed by atoms with Gasteiger partial charge in [-0.3, -0.25) is 4.90 Å². The smallest absolute Gasteiger partial charge is 0.319 e. The zero-order valence-corrected chi connectivity index (χ0v) is 18.8. The average molecular weight is 413 g/mol. The second-order valence-corrected chi connectivity index (χ2v) is 9.40. The Labute approximate surface area is 180 Å². The lowest BCUT2D eigenvalue weighted by molar-refractivity contribution is 0.0758. The van der Waals surface area contributed by atoms with Gasteiger partial charge in [0.2, 0.25) is 0 Å². The van der Waals surface area contributed by atoms with Gasteiger partial charge in [0, 0.05) is 37.7 Å². The molecule has 0 unspecified atom stereocenters. The van der Waals surface area contributed by atoms with Crippen LogP contribution in [0.3, 0.4) is 0 Å². The monoisotopic (exact) mass is 412 g/mol. The maximum absolute atomic E-state index is 9.12. The SMILES string of the molecule is CCCN(C[C@@H](C)CC#N)c1nc(OC2([C@@H]3CCCN3C)CC2)nc2c1CCNC2. The summed E-state index contributed by atoms with van der Waals surface area (Å²) >= 11 is 0. The summed E-state index contributed by atoms with van der Waals surface area (Å²) in [6, 6.07) is 3.33. The lowest BCUT2D eigenvalue weighted by atomic mass is 10.0. The van der Waals surface area contributed by atoms with Gasteiger partial charge in [0.05, 0.1) is 11.8 Å². The summed E-state index contributed by atoms with van der Waals surface area (Å²) in [5.74, 6) is 1.33. The Morgan fingerprint density at radius 3 is 2.90 bits per heavy atom. The summed E-state index contributed by atoms with van der Waals surface area (Å²) in [6.07, 6.45) is 7.17. The molecule has 1 saturated carbocycles. The Balaban J connectivity index is 1.63. The minimum atomic E-state index is -0.109. The Morgan fingerprint density at radius 1 is 1.40 bits per heavy atom. The predicted molar refractivity (Wildman–Crippen MR) is 118 cm³/mol. The van der Waals surface area contributed by atoms with Crippen molar-refractivity contribution in [2.24, 2.45) is 5.92 Å². The lowest BCUT2D eigenvalue weighted by Crippen LogP contribution is -2.42. The topological polar surface area (TPSA) is 77.3 Å². The number of nitriles is 1. The molecule has 3 aliphatic rings. The third-order valence-electron chi connectivity index (χ3n) is 6.82. The molecule has 1 saturated heterocycles. The largest absolute Gasteiger partial charge is 0.455 e. The Hall–Kier alpha value is -1.91. The summed E-state index contributed by atoms with van der Waals surface area (Å²) in [7, 11) is 2.21. The lowest BCUT2D eigenvalue weighted by Gasteiger charge is -2.32. The molecule has 2 aliphatic heterocycles. The normalized spacial score (nSPS) is 23.5. The quantitative estimate of drug-likeness (QED) is 0.668. The van der Waals surface area contributed by atoms with Crippen LogP contribution < -0.4 is 15.0 Å². The van der Waals surface area contributed by atoms with E-state index in [0.29, 0.717) is 24.4 Å². The number of hydrogen-bond donors (Lipinski definition) is 1. The maximum Gasteiger partial charge on any atom is 0.319 e. The van der Waals surface area contributed by atoms with Gasteiger partial charge in [-0.05, 0) is 64.6 Å². The van der Waals surface area contributed by atoms with E-state index in [0.717, 1.165) is 69.9 Å². The van der Waals surface area contributed by atoms with Crippen molar-refractivity contribution in [3.05, 3.63) is 11.3 Å². The van der Waals surface area contributed by atoms with Crippen LogP contribution in [0.15, 0.2) is 0 Å². The number of rotatable bonds is 9. The highest BCUT2D eigenvalue weighted by Gasteiger charge is 2.55. The molecule has 4 rings (SSSR count). The molecular weight excluding hydrogens is 376 g/mol. The Morgan fingerprint density at radius 2 is 2.23 bits per heavy atom. The summed E-state index contributed by atoms with van der Waals surface area (Å²) < 4.78 is 6.58. The van der Waals surface area contributed by atoms with E-state index in [4.69, 9.17) is 20.0 Å². The molecule has 7 nitrogen and oxygen atoms in total. The van der Waals surface area contributed by atoms with Crippen LogP contribution >= 0.6 is 0 Å². The third kappa shape index (κ3) is 4.40. The van der Waals surface area contributed by atoms with E-state index in [2.05, 4.69) is 42.1 Å². The zero-order valence-electron chi connectivity index (χ0n) is 18.8. The Bertz CT molecular complexity index is 787. The van der Waals surface area contributed by atoms with Gasteiger partial charge in [-0.25, -0.2) is 0 Å². The fourth-order valence-electron chi connectivity index (χ4n) is 5.16. The molecule has 1 aromatic heterocycles. The highest BCUT2D eigenvalue weighted by atomic mass is 16.5. The fourth-order valence-corrected chi connectivity index (χ4v) is 5.16. The molecule has 3 heterocycles. The molecular formula is C23H36N6O. The highest BCUT2D eigenvalue weighted by Crippen LogP contribution is 2.47. The first kappa shape index (κ1) is 21.3. The van der Waals surface area contributed by atoms with E-state index >= 15 is 0 Å². The number of aromatic nitrogens is 2. The molecule has 2 atom stereocenters. The fraction of sp³-hybridized carbons (Fsp3) is 0.783. The predicted octanol–water partition coefficient (Wildman–Crippen LogP) is 2.89. The van der Waals surface area contributed by atoms with E-state index in [1.165, 1.54) is 18.4 Å². The molecule has 164 valence electrons. The molecule has 0 radical (unpaired) electrons. The van der Waals surface area contributed by atoms with Crippen molar-refractivity contribution in [2.75, 3.05) is 38.1 Å². The molecule has 1 aliphatic carbocycles. The van der Waals surface area contributed by atoms with Crippen LogP contribution in [0.2, 0.25) is 0 Å². The van der Waals surface area contributed by atoms with Gasteiger partial charge in [0.15, 0.2) is 0 Å². The Kier molecular flexibility index (Phi) is 6.45. The zero-order chi connectivity index (χ0) is 21.1. The van der Waals surface area contributed by atoms with Crippen LogP contribution in [0.5, 0.6) is 6.01 Å². The van der Waals surface area contributed by atoms with Crippen molar-refractivity contribution >= 4 is 5.82 Å². The van der Waals surface area contributed by atoms with Crippen molar-refractivity contribution in [3.8, 4) is 12.1 Å². The second-order valence-electron chi connectivity index (χ2n) is 9.40. The molecule has 7 heteroatoms. The van der Waals surface area contributed by atoms with Crippen molar-refractivity contribution in [3.63, 3.8) is 0 Å². The van der Waals surface area contributed by atoms with Crippen LogP contribution in [0.4, 0.5) is 5.82 Å². The van der Waals surface area contributed by atoms with Gasteiger partial charge < -0.3 is 15.0 Å². The first-order valence-corrected chi connectivity index (χ1v) is 11.7.